The second kappa shape index (κ2) is 6.22. The van der Waals surface area contributed by atoms with Crippen molar-refractivity contribution in [1.82, 2.24) is 9.97 Å². The number of aromatic nitrogens is 2. The van der Waals surface area contributed by atoms with Crippen LogP contribution >= 0.6 is 11.3 Å². The van der Waals surface area contributed by atoms with Gasteiger partial charge in [-0.25, -0.2) is 14.4 Å². The summed E-state index contributed by atoms with van der Waals surface area (Å²) >= 11 is 1.38. The minimum absolute atomic E-state index is 0.279. The van der Waals surface area contributed by atoms with E-state index < -0.39 is 5.95 Å². The summed E-state index contributed by atoms with van der Waals surface area (Å²) in [6.45, 7) is 0. The van der Waals surface area contributed by atoms with Crippen molar-refractivity contribution in [3.8, 4) is 11.1 Å². The highest BCUT2D eigenvalue weighted by Crippen LogP contribution is 2.33. The quantitative estimate of drug-likeness (QED) is 0.538. The first kappa shape index (κ1) is 15.7. The van der Waals surface area contributed by atoms with Gasteiger partial charge in [0.2, 0.25) is 5.95 Å². The Labute approximate surface area is 146 Å². The lowest BCUT2D eigenvalue weighted by atomic mass is 9.98. The highest BCUT2D eigenvalue weighted by Gasteiger charge is 2.12. The van der Waals surface area contributed by atoms with Crippen LogP contribution in [0, 0.1) is 11.8 Å². The highest BCUT2D eigenvalue weighted by molar-refractivity contribution is 7.22. The maximum Gasteiger partial charge on any atom is 0.213 e. The molecule has 4 rings (SSSR count). The molecule has 2 aromatic carbocycles. The van der Waals surface area contributed by atoms with Crippen LogP contribution in [0.4, 0.5) is 13.9 Å². The van der Waals surface area contributed by atoms with Gasteiger partial charge in [0.15, 0.2) is 5.13 Å². The Morgan fingerprint density at radius 2 is 1.88 bits per heavy atom. The molecule has 4 aromatic rings. The molecule has 2 N–H and O–H groups in total. The molecule has 0 atom stereocenters. The molecule has 0 fully saturated rings. The largest absolute Gasteiger partial charge is 0.375 e. The molecule has 2 aromatic heterocycles. The van der Waals surface area contributed by atoms with Crippen molar-refractivity contribution in [2.75, 3.05) is 5.73 Å². The maximum atomic E-state index is 13.5. The van der Waals surface area contributed by atoms with E-state index in [9.17, 15) is 8.78 Å². The summed E-state index contributed by atoms with van der Waals surface area (Å²) in [5.74, 6) is -0.813. The normalized spacial score (nSPS) is 11.1. The topological polar surface area (TPSA) is 51.8 Å². The number of hydrogen-bond donors (Lipinski definition) is 1. The summed E-state index contributed by atoms with van der Waals surface area (Å²) in [6, 6.07) is 13.5. The molecule has 0 unspecified atom stereocenters. The predicted octanol–water partition coefficient (Wildman–Crippen LogP) is 4.81. The summed E-state index contributed by atoms with van der Waals surface area (Å²) in [7, 11) is 0. The number of halogens is 2. The van der Waals surface area contributed by atoms with E-state index in [0.29, 0.717) is 11.6 Å². The third kappa shape index (κ3) is 3.21. The van der Waals surface area contributed by atoms with Crippen molar-refractivity contribution < 1.29 is 8.78 Å². The van der Waals surface area contributed by atoms with Crippen molar-refractivity contribution >= 4 is 26.7 Å². The van der Waals surface area contributed by atoms with E-state index in [1.165, 1.54) is 35.7 Å². The average molecular weight is 353 g/mol. The second-order valence-electron chi connectivity index (χ2n) is 5.71. The molecular weight excluding hydrogens is 340 g/mol. The standard InChI is InChI=1S/C19H13F2N3S/c20-15-3-1-2-11(7-15)6-14-8-13(12-4-5-23-17(21)10-12)9-16-18(14)24-19(22)25-16/h1-5,7-10H,6H2,(H2,22,24). The summed E-state index contributed by atoms with van der Waals surface area (Å²) in [5.41, 5.74) is 10.00. The van der Waals surface area contributed by atoms with Gasteiger partial charge in [-0.2, -0.15) is 4.39 Å². The summed E-state index contributed by atoms with van der Waals surface area (Å²) in [6.07, 6.45) is 1.95. The van der Waals surface area contributed by atoms with Gasteiger partial charge in [-0.05, 0) is 59.0 Å². The number of nitrogens with zero attached hydrogens (tertiary/aromatic N) is 2. The zero-order valence-electron chi connectivity index (χ0n) is 13.0. The molecule has 0 saturated heterocycles. The first-order valence-corrected chi connectivity index (χ1v) is 8.45. The Hall–Kier alpha value is -2.86. The molecule has 3 nitrogen and oxygen atoms in total. The van der Waals surface area contributed by atoms with E-state index in [1.54, 1.807) is 12.1 Å². The van der Waals surface area contributed by atoms with Gasteiger partial charge in [0.05, 0.1) is 10.2 Å². The Morgan fingerprint density at radius 3 is 2.68 bits per heavy atom. The van der Waals surface area contributed by atoms with E-state index in [1.807, 2.05) is 18.2 Å². The van der Waals surface area contributed by atoms with E-state index in [0.717, 1.165) is 32.5 Å². The number of fused-ring (bicyclic) bond motifs is 1. The first-order valence-electron chi connectivity index (χ1n) is 7.64. The molecule has 0 aliphatic rings. The van der Waals surface area contributed by atoms with Gasteiger partial charge < -0.3 is 5.73 Å². The Kier molecular flexibility index (Phi) is 3.89. The van der Waals surface area contributed by atoms with Crippen LogP contribution < -0.4 is 5.73 Å². The van der Waals surface area contributed by atoms with Crippen molar-refractivity contribution in [2.24, 2.45) is 0 Å². The van der Waals surface area contributed by atoms with Crippen LogP contribution in [-0.4, -0.2) is 9.97 Å². The Balaban J connectivity index is 1.86. The van der Waals surface area contributed by atoms with Crippen LogP contribution in [0.1, 0.15) is 11.1 Å². The van der Waals surface area contributed by atoms with Gasteiger partial charge in [0, 0.05) is 12.3 Å². The van der Waals surface area contributed by atoms with Gasteiger partial charge in [0.1, 0.15) is 5.82 Å². The molecule has 0 radical (unpaired) electrons. The zero-order chi connectivity index (χ0) is 17.4. The van der Waals surface area contributed by atoms with E-state index in [2.05, 4.69) is 9.97 Å². The number of benzene rings is 2. The lowest BCUT2D eigenvalue weighted by molar-refractivity contribution is 0.584. The summed E-state index contributed by atoms with van der Waals surface area (Å²) < 4.78 is 27.9. The monoisotopic (exact) mass is 353 g/mol. The van der Waals surface area contributed by atoms with Crippen molar-refractivity contribution in [2.45, 2.75) is 6.42 Å². The molecule has 6 heteroatoms. The number of hydrogen-bond acceptors (Lipinski definition) is 4. The van der Waals surface area contributed by atoms with E-state index >= 15 is 0 Å². The molecule has 0 bridgehead atoms. The van der Waals surface area contributed by atoms with Gasteiger partial charge >= 0.3 is 0 Å². The van der Waals surface area contributed by atoms with E-state index in [-0.39, 0.29) is 5.82 Å². The van der Waals surface area contributed by atoms with Crippen molar-refractivity contribution in [3.63, 3.8) is 0 Å². The fraction of sp³-hybridized carbons (Fsp3) is 0.0526. The maximum absolute atomic E-state index is 13.5. The molecule has 0 amide bonds. The van der Waals surface area contributed by atoms with Crippen LogP contribution in [0.25, 0.3) is 21.3 Å². The third-order valence-corrected chi connectivity index (χ3v) is 4.77. The van der Waals surface area contributed by atoms with Crippen LogP contribution in [0.5, 0.6) is 0 Å². The first-order chi connectivity index (χ1) is 12.1. The number of nitrogens with two attached hydrogens (primary N) is 1. The second-order valence-corrected chi connectivity index (χ2v) is 6.77. The SMILES string of the molecule is Nc1nc2c(Cc3cccc(F)c3)cc(-c3ccnc(F)c3)cc2s1. The van der Waals surface area contributed by atoms with Gasteiger partial charge in [-0.1, -0.05) is 23.5 Å². The molecular formula is C19H13F2N3S. The number of anilines is 1. The highest BCUT2D eigenvalue weighted by atomic mass is 32.1. The summed E-state index contributed by atoms with van der Waals surface area (Å²) in [4.78, 5) is 7.99. The number of thiazole rings is 1. The lowest BCUT2D eigenvalue weighted by Crippen LogP contribution is -1.93. The van der Waals surface area contributed by atoms with Crippen LogP contribution in [-0.2, 0) is 6.42 Å². The minimum atomic E-state index is -0.534. The fourth-order valence-electron chi connectivity index (χ4n) is 2.87. The fourth-order valence-corrected chi connectivity index (χ4v) is 3.69. The third-order valence-electron chi connectivity index (χ3n) is 3.93. The number of nitrogen functional groups attached to an aromatic ring is 1. The molecule has 2 heterocycles. The van der Waals surface area contributed by atoms with Crippen LogP contribution in [0.3, 0.4) is 0 Å². The van der Waals surface area contributed by atoms with Crippen molar-refractivity contribution in [1.29, 1.82) is 0 Å². The Bertz CT molecular complexity index is 1080. The van der Waals surface area contributed by atoms with Crippen molar-refractivity contribution in [3.05, 3.63) is 77.6 Å². The molecule has 0 aliphatic carbocycles. The van der Waals surface area contributed by atoms with Crippen LogP contribution in [0.15, 0.2) is 54.7 Å². The smallest absolute Gasteiger partial charge is 0.213 e. The molecule has 25 heavy (non-hydrogen) atoms. The van der Waals surface area contributed by atoms with Gasteiger partial charge in [0.25, 0.3) is 0 Å². The molecule has 0 spiro atoms. The number of rotatable bonds is 3. The molecule has 0 saturated carbocycles. The Morgan fingerprint density at radius 1 is 1.00 bits per heavy atom. The zero-order valence-corrected chi connectivity index (χ0v) is 13.9. The van der Waals surface area contributed by atoms with E-state index in [4.69, 9.17) is 5.73 Å². The predicted molar refractivity (Wildman–Crippen MR) is 96.4 cm³/mol. The summed E-state index contributed by atoms with van der Waals surface area (Å²) in [5, 5.41) is 0.466. The van der Waals surface area contributed by atoms with Gasteiger partial charge in [-0.3, -0.25) is 0 Å². The average Bonchev–Trinajstić information content (AvgIpc) is 2.95. The minimum Gasteiger partial charge on any atom is -0.375 e. The number of pyridine rings is 1. The lowest BCUT2D eigenvalue weighted by Gasteiger charge is -2.08. The van der Waals surface area contributed by atoms with Gasteiger partial charge in [-0.15, -0.1) is 0 Å². The molecule has 0 aliphatic heterocycles. The van der Waals surface area contributed by atoms with Crippen LogP contribution in [0.2, 0.25) is 0 Å². The molecule has 124 valence electrons.